The number of hydrogen-bond donors (Lipinski definition) is 1. The van der Waals surface area contributed by atoms with E-state index in [1.54, 1.807) is 4.90 Å². The number of carbonyl (C=O) groups is 3. The number of aliphatic imine (C=N–C) groups is 1. The monoisotopic (exact) mass is 404 g/mol. The molecule has 0 bridgehead atoms. The highest BCUT2D eigenvalue weighted by Crippen LogP contribution is 2.49. The minimum Gasteiger partial charge on any atom is -0.481 e. The van der Waals surface area contributed by atoms with Crippen LogP contribution in [-0.2, 0) is 14.4 Å². The van der Waals surface area contributed by atoms with Gasteiger partial charge in [-0.3, -0.25) is 19.4 Å². The van der Waals surface area contributed by atoms with Crippen molar-refractivity contribution in [3.8, 4) is 0 Å². The summed E-state index contributed by atoms with van der Waals surface area (Å²) in [6.07, 6.45) is 3.64. The van der Waals surface area contributed by atoms with Gasteiger partial charge in [0.1, 0.15) is 5.83 Å². The molecule has 4 rings (SSSR count). The van der Waals surface area contributed by atoms with Gasteiger partial charge in [-0.25, -0.2) is 4.39 Å². The van der Waals surface area contributed by atoms with Crippen molar-refractivity contribution in [3.63, 3.8) is 0 Å². The van der Waals surface area contributed by atoms with Crippen LogP contribution in [0.1, 0.15) is 20.3 Å². The Morgan fingerprint density at radius 3 is 2.75 bits per heavy atom. The summed E-state index contributed by atoms with van der Waals surface area (Å²) in [5.74, 6) is -3.75. The van der Waals surface area contributed by atoms with Gasteiger partial charge in [0.15, 0.2) is 5.78 Å². The van der Waals surface area contributed by atoms with Crippen LogP contribution in [0, 0.1) is 11.3 Å². The van der Waals surface area contributed by atoms with Crippen LogP contribution in [-0.4, -0.2) is 53.0 Å². The summed E-state index contributed by atoms with van der Waals surface area (Å²) in [7, 11) is 0. The number of carbonyl (C=O) groups excluding carboxylic acids is 2. The Labute approximate surface area is 165 Å². The van der Waals surface area contributed by atoms with E-state index in [0.29, 0.717) is 11.1 Å². The lowest BCUT2D eigenvalue weighted by Crippen LogP contribution is -2.50. The highest BCUT2D eigenvalue weighted by molar-refractivity contribution is 6.40. The normalized spacial score (nSPS) is 31.5. The molecule has 1 fully saturated rings. The summed E-state index contributed by atoms with van der Waals surface area (Å²) >= 11 is 6.22. The van der Waals surface area contributed by atoms with E-state index in [4.69, 9.17) is 11.6 Å². The van der Waals surface area contributed by atoms with Crippen molar-refractivity contribution in [2.24, 2.45) is 16.3 Å². The molecule has 0 radical (unpaired) electrons. The molecule has 1 saturated heterocycles. The van der Waals surface area contributed by atoms with E-state index in [0.717, 1.165) is 6.08 Å². The molecule has 4 aliphatic rings. The average molecular weight is 405 g/mol. The highest BCUT2D eigenvalue weighted by atomic mass is 35.5. The number of nitrogens with zero attached hydrogens (tertiary/aromatic N) is 2. The summed E-state index contributed by atoms with van der Waals surface area (Å²) in [6, 6.07) is -0.370. The molecule has 1 amide bonds. The summed E-state index contributed by atoms with van der Waals surface area (Å²) in [6.45, 7) is 3.96. The third-order valence-corrected chi connectivity index (χ3v) is 6.03. The Bertz CT molecular complexity index is 986. The van der Waals surface area contributed by atoms with Crippen molar-refractivity contribution < 1.29 is 23.9 Å². The fraction of sp³-hybridized carbons (Fsp3) is 0.400. The number of carboxylic acids is 1. The maximum absolute atomic E-state index is 14.7. The van der Waals surface area contributed by atoms with Gasteiger partial charge in [-0.05, 0) is 28.2 Å². The van der Waals surface area contributed by atoms with E-state index < -0.39 is 28.9 Å². The standard InChI is InChI=1S/C20H18ClFN2O4/c1-20(2)5-15(26)24-8-12(19(27)28)16-10-3-9(25)4-14(22)17(10)13(21)7-23-6-11(16)18(20)24/h3-4,7,12,18H,5-6,8H2,1-2H3,(H,27,28)/b17-13-,23-7?. The van der Waals surface area contributed by atoms with Gasteiger partial charge in [0.05, 0.1) is 23.5 Å². The van der Waals surface area contributed by atoms with Crippen molar-refractivity contribution >= 4 is 35.5 Å². The lowest BCUT2D eigenvalue weighted by atomic mass is 9.71. The quantitative estimate of drug-likeness (QED) is 0.727. The largest absolute Gasteiger partial charge is 0.481 e. The van der Waals surface area contributed by atoms with Gasteiger partial charge in [-0.2, -0.15) is 0 Å². The van der Waals surface area contributed by atoms with E-state index in [9.17, 15) is 23.9 Å². The Hall–Kier alpha value is -2.54. The van der Waals surface area contributed by atoms with Gasteiger partial charge in [0, 0.05) is 30.8 Å². The van der Waals surface area contributed by atoms with Gasteiger partial charge in [0.25, 0.3) is 0 Å². The first-order valence-electron chi connectivity index (χ1n) is 8.90. The zero-order valence-corrected chi connectivity index (χ0v) is 16.1. The van der Waals surface area contributed by atoms with E-state index >= 15 is 0 Å². The minimum atomic E-state index is -1.15. The first-order valence-corrected chi connectivity index (χ1v) is 9.28. The van der Waals surface area contributed by atoms with Crippen LogP contribution in [0.5, 0.6) is 0 Å². The maximum atomic E-state index is 14.7. The zero-order valence-electron chi connectivity index (χ0n) is 15.3. The molecule has 28 heavy (non-hydrogen) atoms. The van der Waals surface area contributed by atoms with Crippen LogP contribution in [0.4, 0.5) is 4.39 Å². The average Bonchev–Trinajstić information content (AvgIpc) is 2.80. The Morgan fingerprint density at radius 1 is 1.36 bits per heavy atom. The molecule has 0 saturated carbocycles. The molecule has 0 spiro atoms. The molecule has 8 heteroatoms. The Balaban J connectivity index is 2.03. The predicted octanol–water partition coefficient (Wildman–Crippen LogP) is 2.56. The number of halogens is 2. The van der Waals surface area contributed by atoms with Crippen molar-refractivity contribution in [1.29, 1.82) is 0 Å². The van der Waals surface area contributed by atoms with Gasteiger partial charge >= 0.3 is 5.97 Å². The summed E-state index contributed by atoms with van der Waals surface area (Å²) < 4.78 is 14.7. The number of ketones is 1. The molecule has 1 aliphatic carbocycles. The zero-order chi connectivity index (χ0) is 20.4. The highest BCUT2D eigenvalue weighted by Gasteiger charge is 2.53. The van der Waals surface area contributed by atoms with Gasteiger partial charge in [-0.1, -0.05) is 25.4 Å². The summed E-state index contributed by atoms with van der Waals surface area (Å²) in [5.41, 5.74) is 0.675. The molecule has 3 heterocycles. The second-order valence-electron chi connectivity index (χ2n) is 8.09. The number of rotatable bonds is 1. The van der Waals surface area contributed by atoms with Crippen molar-refractivity contribution in [1.82, 2.24) is 4.90 Å². The molecule has 2 atom stereocenters. The second-order valence-corrected chi connectivity index (χ2v) is 8.50. The van der Waals surface area contributed by atoms with Gasteiger partial charge in [-0.15, -0.1) is 0 Å². The molecule has 0 aromatic carbocycles. The third kappa shape index (κ3) is 2.68. The van der Waals surface area contributed by atoms with Crippen LogP contribution in [0.3, 0.4) is 0 Å². The van der Waals surface area contributed by atoms with Crippen molar-refractivity contribution in [3.05, 3.63) is 45.3 Å². The van der Waals surface area contributed by atoms with Crippen molar-refractivity contribution in [2.75, 3.05) is 13.1 Å². The molecule has 3 aliphatic heterocycles. The molecule has 0 aromatic heterocycles. The van der Waals surface area contributed by atoms with E-state index in [1.165, 1.54) is 12.3 Å². The number of allylic oxidation sites excluding steroid dienone is 6. The summed E-state index contributed by atoms with van der Waals surface area (Å²) in [5, 5.41) is 9.89. The van der Waals surface area contributed by atoms with Gasteiger partial charge < -0.3 is 10.0 Å². The fourth-order valence-electron chi connectivity index (χ4n) is 4.74. The molecule has 2 unspecified atom stereocenters. The molecule has 1 N–H and O–H groups in total. The SMILES string of the molecule is CC1(C)CC(=O)N2CC(C(=O)O)C3=C(CN=C/C(Cl)=C4/C(F)=CC(=O)C=C34)C21. The van der Waals surface area contributed by atoms with Crippen LogP contribution >= 0.6 is 11.6 Å². The number of amides is 1. The van der Waals surface area contributed by atoms with Crippen LogP contribution in [0.15, 0.2) is 50.3 Å². The molecular formula is C20H18ClFN2O4. The van der Waals surface area contributed by atoms with Crippen molar-refractivity contribution in [2.45, 2.75) is 26.3 Å². The Kier molecular flexibility index (Phi) is 4.19. The number of carboxylic acid groups (broad SMARTS) is 1. The fourth-order valence-corrected chi connectivity index (χ4v) is 5.00. The second kappa shape index (κ2) is 6.24. The van der Waals surface area contributed by atoms with E-state index in [1.807, 2.05) is 13.8 Å². The van der Waals surface area contributed by atoms with Crippen LogP contribution < -0.4 is 0 Å². The topological polar surface area (TPSA) is 87.0 Å². The lowest BCUT2D eigenvalue weighted by molar-refractivity contribution is -0.142. The van der Waals surface area contributed by atoms with Crippen LogP contribution in [0.25, 0.3) is 0 Å². The number of fused-ring (bicyclic) bond motifs is 4. The Morgan fingerprint density at radius 2 is 2.07 bits per heavy atom. The minimum absolute atomic E-state index is 0.00683. The summed E-state index contributed by atoms with van der Waals surface area (Å²) in [4.78, 5) is 42.6. The van der Waals surface area contributed by atoms with Gasteiger partial charge in [0.2, 0.25) is 5.91 Å². The molecule has 0 aromatic rings. The first kappa shape index (κ1) is 18.8. The van der Waals surface area contributed by atoms with E-state index in [-0.39, 0.29) is 47.6 Å². The smallest absolute Gasteiger partial charge is 0.312 e. The molecule has 146 valence electrons. The number of hydrogen-bond acceptors (Lipinski definition) is 4. The molecule has 6 nitrogen and oxygen atoms in total. The molecular weight excluding hydrogens is 387 g/mol. The van der Waals surface area contributed by atoms with E-state index in [2.05, 4.69) is 4.99 Å². The first-order chi connectivity index (χ1) is 13.1. The third-order valence-electron chi connectivity index (χ3n) is 5.74. The van der Waals surface area contributed by atoms with Crippen LogP contribution in [0.2, 0.25) is 0 Å². The lowest BCUT2D eigenvalue weighted by Gasteiger charge is -2.43. The number of aliphatic carboxylic acids is 1. The predicted molar refractivity (Wildman–Crippen MR) is 101 cm³/mol. The maximum Gasteiger partial charge on any atom is 0.312 e.